The largest absolute Gasteiger partial charge is 0.497 e. The monoisotopic (exact) mass is 881 g/mol. The van der Waals surface area contributed by atoms with E-state index in [1.54, 1.807) is 21.3 Å². The molecule has 6 aromatic rings. The highest BCUT2D eigenvalue weighted by molar-refractivity contribution is 6.99. The van der Waals surface area contributed by atoms with E-state index in [-0.39, 0.29) is 6.54 Å². The third-order valence-corrected chi connectivity index (χ3v) is 17.1. The summed E-state index contributed by atoms with van der Waals surface area (Å²) < 4.78 is 42.1. The van der Waals surface area contributed by atoms with E-state index >= 15 is 0 Å². The Hall–Kier alpha value is -6.25. The molecule has 5 atom stereocenters. The van der Waals surface area contributed by atoms with E-state index in [1.165, 1.54) is 16.8 Å². The number of rotatable bonds is 18. The molecule has 0 amide bonds. The van der Waals surface area contributed by atoms with Crippen LogP contribution >= 0.6 is 0 Å². The summed E-state index contributed by atoms with van der Waals surface area (Å²) in [6.45, 7) is 6.76. The van der Waals surface area contributed by atoms with E-state index in [4.69, 9.17) is 28.1 Å². The van der Waals surface area contributed by atoms with E-state index in [0.29, 0.717) is 24.3 Å². The summed E-state index contributed by atoms with van der Waals surface area (Å²) in [5.74, 6) is 1.34. The van der Waals surface area contributed by atoms with E-state index in [2.05, 4.69) is 60.0 Å². The first-order chi connectivity index (χ1) is 31.0. The van der Waals surface area contributed by atoms with Crippen LogP contribution in [0.3, 0.4) is 0 Å². The number of hydrogen-bond acceptors (Lipinski definition) is 9. The van der Waals surface area contributed by atoms with Crippen LogP contribution < -0.4 is 31.1 Å². The van der Waals surface area contributed by atoms with Crippen LogP contribution in [0.25, 0.3) is 10.4 Å². The predicted molar refractivity (Wildman–Crippen MR) is 249 cm³/mol. The molecular formula is C50H55N5O8Si. The maximum Gasteiger partial charge on any atom is 0.330 e. The number of H-pyrrole nitrogens is 1. The lowest BCUT2D eigenvalue weighted by molar-refractivity contribution is -0.146. The first kappa shape index (κ1) is 45.8. The Bertz CT molecular complexity index is 2510. The van der Waals surface area contributed by atoms with Crippen LogP contribution in [-0.4, -0.2) is 70.2 Å². The smallest absolute Gasteiger partial charge is 0.330 e. The number of nitrogens with zero attached hydrogens (tertiary/aromatic N) is 4. The van der Waals surface area contributed by atoms with E-state index in [9.17, 15) is 15.1 Å². The number of azide groups is 1. The fourth-order valence-electron chi connectivity index (χ4n) is 9.05. The second-order valence-electron chi connectivity index (χ2n) is 16.7. The van der Waals surface area contributed by atoms with Crippen molar-refractivity contribution in [1.29, 1.82) is 0 Å². The van der Waals surface area contributed by atoms with Gasteiger partial charge in [0.1, 0.15) is 35.4 Å². The lowest BCUT2D eigenvalue weighted by atomic mass is 9.79. The zero-order chi connectivity index (χ0) is 45.3. The summed E-state index contributed by atoms with van der Waals surface area (Å²) in [5.41, 5.74) is 9.29. The van der Waals surface area contributed by atoms with Gasteiger partial charge in [0, 0.05) is 30.8 Å². The molecular weight excluding hydrogens is 827 g/mol. The molecule has 1 aliphatic heterocycles. The summed E-state index contributed by atoms with van der Waals surface area (Å²) in [4.78, 5) is 31.6. The van der Waals surface area contributed by atoms with Crippen LogP contribution in [-0.2, 0) is 24.2 Å². The average Bonchev–Trinajstić information content (AvgIpc) is 3.68. The molecule has 0 aliphatic carbocycles. The molecule has 2 heterocycles. The average molecular weight is 882 g/mol. The Morgan fingerprint density at radius 1 is 0.734 bits per heavy atom. The van der Waals surface area contributed by atoms with Crippen LogP contribution in [0.5, 0.6) is 11.5 Å². The first-order valence-electron chi connectivity index (χ1n) is 21.3. The van der Waals surface area contributed by atoms with Crippen LogP contribution in [0.15, 0.2) is 166 Å². The molecule has 1 fully saturated rings. The lowest BCUT2D eigenvalue weighted by Gasteiger charge is -2.47. The van der Waals surface area contributed by atoms with Gasteiger partial charge < -0.3 is 28.1 Å². The molecule has 5 aromatic carbocycles. The molecule has 3 unspecified atom stereocenters. The Balaban J connectivity index is 1.51. The zero-order valence-corrected chi connectivity index (χ0v) is 38.0. The van der Waals surface area contributed by atoms with Gasteiger partial charge in [-0.15, -0.1) is 0 Å². The van der Waals surface area contributed by atoms with Gasteiger partial charge in [0.15, 0.2) is 6.23 Å². The number of hydrogen-bond donors (Lipinski definition) is 1. The van der Waals surface area contributed by atoms with Crippen molar-refractivity contribution in [3.8, 4) is 11.5 Å². The molecule has 0 bridgehead atoms. The maximum atomic E-state index is 13.7. The quantitative estimate of drug-likeness (QED) is 0.0228. The Morgan fingerprint density at radius 3 is 1.72 bits per heavy atom. The summed E-state index contributed by atoms with van der Waals surface area (Å²) in [7, 11) is 1.44. The van der Waals surface area contributed by atoms with Crippen LogP contribution in [0.2, 0.25) is 5.04 Å². The molecule has 1 aromatic heterocycles. The second-order valence-corrected chi connectivity index (χ2v) is 21.0. The molecule has 64 heavy (non-hydrogen) atoms. The molecule has 14 heteroatoms. The Labute approximate surface area is 374 Å². The summed E-state index contributed by atoms with van der Waals surface area (Å²) >= 11 is 0. The number of aromatic nitrogens is 2. The van der Waals surface area contributed by atoms with Crippen molar-refractivity contribution >= 4 is 18.7 Å². The van der Waals surface area contributed by atoms with Crippen molar-refractivity contribution < 1.29 is 28.1 Å². The molecule has 7 rings (SSSR count). The normalized spacial score (nSPS) is 18.2. The topological polar surface area (TPSA) is 159 Å². The van der Waals surface area contributed by atoms with Gasteiger partial charge in [-0.25, -0.2) is 4.79 Å². The highest BCUT2D eigenvalue weighted by Gasteiger charge is 2.59. The second kappa shape index (κ2) is 20.1. The number of benzene rings is 5. The van der Waals surface area contributed by atoms with E-state index in [1.807, 2.05) is 115 Å². The van der Waals surface area contributed by atoms with E-state index < -0.39 is 60.8 Å². The molecule has 0 spiro atoms. The highest BCUT2D eigenvalue weighted by Crippen LogP contribution is 2.48. The first-order valence-corrected chi connectivity index (χ1v) is 23.2. The van der Waals surface area contributed by atoms with Crippen LogP contribution in [0.4, 0.5) is 0 Å². The molecule has 332 valence electrons. The minimum absolute atomic E-state index is 0.184. The van der Waals surface area contributed by atoms with Crippen molar-refractivity contribution in [3.05, 3.63) is 200 Å². The van der Waals surface area contributed by atoms with Crippen molar-refractivity contribution in [3.63, 3.8) is 0 Å². The predicted octanol–water partition coefficient (Wildman–Crippen LogP) is 7.88. The van der Waals surface area contributed by atoms with Gasteiger partial charge in [0.2, 0.25) is 0 Å². The molecule has 13 nitrogen and oxygen atoms in total. The van der Waals surface area contributed by atoms with Gasteiger partial charge in [0.05, 0.1) is 20.3 Å². The van der Waals surface area contributed by atoms with Gasteiger partial charge in [0.25, 0.3) is 13.9 Å². The fourth-order valence-corrected chi connectivity index (χ4v) is 13.7. The number of methoxy groups -OCH3 is 3. The zero-order valence-electron chi connectivity index (χ0n) is 37.0. The van der Waals surface area contributed by atoms with Crippen molar-refractivity contribution in [1.82, 2.24) is 9.55 Å². The highest BCUT2D eigenvalue weighted by atomic mass is 28.4. The van der Waals surface area contributed by atoms with Gasteiger partial charge in [-0.2, -0.15) is 0 Å². The van der Waals surface area contributed by atoms with Crippen molar-refractivity contribution in [2.75, 3.05) is 27.9 Å². The van der Waals surface area contributed by atoms with Crippen LogP contribution in [0, 0.1) is 0 Å². The SMILES string of the molecule is COc1ccc(C(OC(CCCN=[N+]=[N-])[C@H]2O[C@@H](n3ccc(=O)[nH]c3=O)C(OC)C2O[Si](c2ccccc2)(c2ccccc2)C(C)(C)C)(c2ccccc2)c2ccc(OC)cc2)cc1. The minimum Gasteiger partial charge on any atom is -0.497 e. The third kappa shape index (κ3) is 9.07. The van der Waals surface area contributed by atoms with Gasteiger partial charge in [-0.05, 0) is 74.7 Å². The van der Waals surface area contributed by atoms with Crippen LogP contribution in [0.1, 0.15) is 56.5 Å². The maximum absolute atomic E-state index is 13.7. The minimum atomic E-state index is -3.38. The summed E-state index contributed by atoms with van der Waals surface area (Å²) in [6, 6.07) is 47.3. The molecule has 1 saturated heterocycles. The molecule has 1 N–H and O–H groups in total. The number of ether oxygens (including phenoxy) is 5. The van der Waals surface area contributed by atoms with Gasteiger partial charge in [-0.1, -0.05) is 141 Å². The van der Waals surface area contributed by atoms with Crippen molar-refractivity contribution in [2.24, 2.45) is 5.11 Å². The van der Waals surface area contributed by atoms with Gasteiger partial charge in [-0.3, -0.25) is 14.3 Å². The standard InChI is InChI=1S/C50H55N5O8Si/c1-49(2,3)64(40-19-12-8-13-20-40,41-21-14-9-15-22-41)63-45-44(61-47(46(45)60-6)55-34-32-43(56)53-48(55)57)42(23-16-33-52-54-51)62-50(35-17-10-7-11-18-35,36-24-28-38(58-4)29-25-36)37-26-30-39(59-5)31-27-37/h7-15,17-22,24-32,34,42,44-47H,16,23,33H2,1-6H3,(H,53,56,57)/t42?,44-,45?,46?,47-/m1/s1. The fraction of sp³-hybridized carbons (Fsp3) is 0.320. The summed E-state index contributed by atoms with van der Waals surface area (Å²) in [5, 5.41) is 5.50. The third-order valence-electron chi connectivity index (χ3n) is 12.0. The van der Waals surface area contributed by atoms with E-state index in [0.717, 1.165) is 27.1 Å². The molecule has 1 aliphatic rings. The van der Waals surface area contributed by atoms with Gasteiger partial charge >= 0.3 is 5.69 Å². The Kier molecular flexibility index (Phi) is 14.3. The molecule has 0 saturated carbocycles. The lowest BCUT2D eigenvalue weighted by Crippen LogP contribution is -2.69. The van der Waals surface area contributed by atoms with Crippen molar-refractivity contribution in [2.45, 2.75) is 74.9 Å². The molecule has 0 radical (unpaired) electrons. The Morgan fingerprint density at radius 2 is 1.25 bits per heavy atom. The summed E-state index contributed by atoms with van der Waals surface area (Å²) in [6.07, 6.45) is -2.45. The number of aromatic amines is 1. The number of nitrogens with one attached hydrogen (secondary N) is 1.